The van der Waals surface area contributed by atoms with Crippen LogP contribution in [0.2, 0.25) is 0 Å². The van der Waals surface area contributed by atoms with Gasteiger partial charge in [-0.1, -0.05) is 28.1 Å². The van der Waals surface area contributed by atoms with Crippen molar-refractivity contribution in [3.8, 4) is 0 Å². The number of aromatic amines is 1. The van der Waals surface area contributed by atoms with Crippen molar-refractivity contribution in [2.24, 2.45) is 0 Å². The van der Waals surface area contributed by atoms with Gasteiger partial charge in [-0.25, -0.2) is 4.79 Å². The molecule has 0 saturated heterocycles. The zero-order chi connectivity index (χ0) is 11.5. The van der Waals surface area contributed by atoms with E-state index >= 15 is 0 Å². The van der Waals surface area contributed by atoms with E-state index in [4.69, 9.17) is 5.11 Å². The Bertz CT molecular complexity index is 502. The highest BCUT2D eigenvalue weighted by molar-refractivity contribution is 9.10. The molecule has 1 heterocycles. The average Bonchev–Trinajstić information content (AvgIpc) is 2.70. The Balaban J connectivity index is 2.14. The highest BCUT2D eigenvalue weighted by Crippen LogP contribution is 2.14. The maximum absolute atomic E-state index is 10.7. The molecule has 2 rings (SSSR count). The number of nitrogens with one attached hydrogen (secondary N) is 1. The molecular formula is C12H10BrNO2. The van der Waals surface area contributed by atoms with Gasteiger partial charge in [-0.05, 0) is 29.8 Å². The van der Waals surface area contributed by atoms with Crippen LogP contribution in [0.3, 0.4) is 0 Å². The quantitative estimate of drug-likeness (QED) is 0.907. The normalized spacial score (nSPS) is 10.3. The number of hydrogen-bond donors (Lipinski definition) is 2. The summed E-state index contributed by atoms with van der Waals surface area (Å²) in [6.45, 7) is 0. The molecule has 1 aromatic heterocycles. The number of halogens is 1. The smallest absolute Gasteiger partial charge is 0.352 e. The summed E-state index contributed by atoms with van der Waals surface area (Å²) < 4.78 is 1.04. The summed E-state index contributed by atoms with van der Waals surface area (Å²) in [4.78, 5) is 13.5. The SMILES string of the molecule is O=C(O)c1ccc(Cc2ccc(Br)cc2)[nH]1. The van der Waals surface area contributed by atoms with Crippen LogP contribution in [0.4, 0.5) is 0 Å². The Morgan fingerprint density at radius 3 is 2.44 bits per heavy atom. The first-order valence-corrected chi connectivity index (χ1v) is 5.60. The number of hydrogen-bond acceptors (Lipinski definition) is 1. The number of carboxylic acids is 1. The van der Waals surface area contributed by atoms with Crippen LogP contribution in [-0.2, 0) is 6.42 Å². The van der Waals surface area contributed by atoms with Gasteiger partial charge in [-0.2, -0.15) is 0 Å². The van der Waals surface area contributed by atoms with Crippen LogP contribution in [0.5, 0.6) is 0 Å². The largest absolute Gasteiger partial charge is 0.477 e. The molecule has 4 heteroatoms. The molecule has 16 heavy (non-hydrogen) atoms. The lowest BCUT2D eigenvalue weighted by Crippen LogP contribution is -1.97. The first-order valence-electron chi connectivity index (χ1n) is 4.81. The van der Waals surface area contributed by atoms with Crippen molar-refractivity contribution >= 4 is 21.9 Å². The highest BCUT2D eigenvalue weighted by Gasteiger charge is 2.05. The van der Waals surface area contributed by atoms with Crippen molar-refractivity contribution in [1.29, 1.82) is 0 Å². The molecule has 0 spiro atoms. The van der Waals surface area contributed by atoms with E-state index in [1.54, 1.807) is 12.1 Å². The lowest BCUT2D eigenvalue weighted by Gasteiger charge is -1.99. The van der Waals surface area contributed by atoms with E-state index in [0.29, 0.717) is 6.42 Å². The van der Waals surface area contributed by atoms with Gasteiger partial charge in [0, 0.05) is 16.6 Å². The van der Waals surface area contributed by atoms with E-state index in [1.807, 2.05) is 24.3 Å². The number of H-pyrrole nitrogens is 1. The molecule has 0 bridgehead atoms. The summed E-state index contributed by atoms with van der Waals surface area (Å²) in [5.74, 6) is -0.929. The number of carbonyl (C=O) groups is 1. The summed E-state index contributed by atoms with van der Waals surface area (Å²) in [5.41, 5.74) is 2.27. The molecule has 0 atom stereocenters. The summed E-state index contributed by atoms with van der Waals surface area (Å²) in [6.07, 6.45) is 0.709. The fourth-order valence-electron chi connectivity index (χ4n) is 1.49. The molecule has 0 aliphatic carbocycles. The molecule has 3 nitrogen and oxygen atoms in total. The number of aromatic carboxylic acids is 1. The summed E-state index contributed by atoms with van der Waals surface area (Å²) >= 11 is 3.37. The van der Waals surface area contributed by atoms with Crippen LogP contribution in [0.15, 0.2) is 40.9 Å². The second-order valence-electron chi connectivity index (χ2n) is 3.51. The van der Waals surface area contributed by atoms with Crippen LogP contribution in [0.1, 0.15) is 21.7 Å². The minimum Gasteiger partial charge on any atom is -0.477 e. The van der Waals surface area contributed by atoms with Crippen molar-refractivity contribution < 1.29 is 9.90 Å². The topological polar surface area (TPSA) is 53.1 Å². The second-order valence-corrected chi connectivity index (χ2v) is 4.42. The van der Waals surface area contributed by atoms with Gasteiger partial charge in [0.25, 0.3) is 0 Å². The van der Waals surface area contributed by atoms with Gasteiger partial charge in [0.1, 0.15) is 5.69 Å². The first-order chi connectivity index (χ1) is 7.65. The summed E-state index contributed by atoms with van der Waals surface area (Å²) in [6, 6.07) is 11.3. The third-order valence-corrected chi connectivity index (χ3v) is 2.81. The van der Waals surface area contributed by atoms with Crippen LogP contribution >= 0.6 is 15.9 Å². The maximum atomic E-state index is 10.7. The van der Waals surface area contributed by atoms with Crippen molar-refractivity contribution in [3.05, 3.63) is 57.8 Å². The zero-order valence-corrected chi connectivity index (χ0v) is 9.99. The molecule has 0 radical (unpaired) electrons. The number of carboxylic acid groups (broad SMARTS) is 1. The zero-order valence-electron chi connectivity index (χ0n) is 8.40. The molecule has 1 aromatic carbocycles. The third kappa shape index (κ3) is 2.52. The molecule has 82 valence electrons. The van der Waals surface area contributed by atoms with Crippen LogP contribution in [-0.4, -0.2) is 16.1 Å². The van der Waals surface area contributed by atoms with E-state index in [-0.39, 0.29) is 5.69 Å². The van der Waals surface area contributed by atoms with Crippen molar-refractivity contribution in [2.45, 2.75) is 6.42 Å². The molecule has 0 amide bonds. The van der Waals surface area contributed by atoms with Gasteiger partial charge < -0.3 is 10.1 Å². The fourth-order valence-corrected chi connectivity index (χ4v) is 1.75. The number of rotatable bonds is 3. The molecule has 0 aliphatic heterocycles. The van der Waals surface area contributed by atoms with Crippen LogP contribution in [0.25, 0.3) is 0 Å². The van der Waals surface area contributed by atoms with E-state index in [9.17, 15) is 4.79 Å². The Morgan fingerprint density at radius 2 is 1.88 bits per heavy atom. The predicted molar refractivity (Wildman–Crippen MR) is 64.7 cm³/mol. The van der Waals surface area contributed by atoms with Gasteiger partial charge in [-0.15, -0.1) is 0 Å². The molecule has 0 saturated carbocycles. The van der Waals surface area contributed by atoms with Gasteiger partial charge in [0.15, 0.2) is 0 Å². The van der Waals surface area contributed by atoms with Gasteiger partial charge >= 0.3 is 5.97 Å². The lowest BCUT2D eigenvalue weighted by atomic mass is 10.1. The minimum atomic E-state index is -0.929. The monoisotopic (exact) mass is 279 g/mol. The maximum Gasteiger partial charge on any atom is 0.352 e. The Hall–Kier alpha value is -1.55. The van der Waals surface area contributed by atoms with Gasteiger partial charge in [0.2, 0.25) is 0 Å². The minimum absolute atomic E-state index is 0.229. The van der Waals surface area contributed by atoms with E-state index in [0.717, 1.165) is 15.7 Å². The number of benzene rings is 1. The Kier molecular flexibility index (Phi) is 3.10. The van der Waals surface area contributed by atoms with Gasteiger partial charge in [-0.3, -0.25) is 0 Å². The first kappa shape index (κ1) is 11.0. The lowest BCUT2D eigenvalue weighted by molar-refractivity contribution is 0.0691. The standard InChI is InChI=1S/C12H10BrNO2/c13-9-3-1-8(2-4-9)7-10-5-6-11(14-10)12(15)16/h1-6,14H,7H2,(H,15,16). The Morgan fingerprint density at radius 1 is 1.19 bits per heavy atom. The number of aromatic nitrogens is 1. The Labute approximate surface area is 101 Å². The second kappa shape index (κ2) is 4.53. The molecule has 2 N–H and O–H groups in total. The third-order valence-electron chi connectivity index (χ3n) is 2.28. The van der Waals surface area contributed by atoms with E-state index < -0.39 is 5.97 Å². The van der Waals surface area contributed by atoms with Crippen LogP contribution in [0, 0.1) is 0 Å². The van der Waals surface area contributed by atoms with Gasteiger partial charge in [0.05, 0.1) is 0 Å². The summed E-state index contributed by atoms with van der Waals surface area (Å²) in [5, 5.41) is 8.76. The van der Waals surface area contributed by atoms with Crippen molar-refractivity contribution in [3.63, 3.8) is 0 Å². The molecule has 0 fully saturated rings. The fraction of sp³-hybridized carbons (Fsp3) is 0.0833. The molecule has 2 aromatic rings. The summed E-state index contributed by atoms with van der Waals surface area (Å²) in [7, 11) is 0. The van der Waals surface area contributed by atoms with E-state index in [1.165, 1.54) is 0 Å². The highest BCUT2D eigenvalue weighted by atomic mass is 79.9. The molecular weight excluding hydrogens is 270 g/mol. The van der Waals surface area contributed by atoms with E-state index in [2.05, 4.69) is 20.9 Å². The molecule has 0 aliphatic rings. The predicted octanol–water partition coefficient (Wildman–Crippen LogP) is 3.07. The van der Waals surface area contributed by atoms with Crippen molar-refractivity contribution in [2.75, 3.05) is 0 Å². The average molecular weight is 280 g/mol. The molecule has 0 unspecified atom stereocenters. The van der Waals surface area contributed by atoms with Crippen LogP contribution < -0.4 is 0 Å². The van der Waals surface area contributed by atoms with Crippen molar-refractivity contribution in [1.82, 2.24) is 4.98 Å².